The molecule has 0 radical (unpaired) electrons. The molecule has 1 unspecified atom stereocenters. The van der Waals surface area contributed by atoms with Crippen molar-refractivity contribution in [1.29, 1.82) is 0 Å². The second-order valence-electron chi connectivity index (χ2n) is 6.80. The molecule has 1 N–H and O–H groups in total. The van der Waals surface area contributed by atoms with E-state index in [-0.39, 0.29) is 30.6 Å². The number of alkyl carbamates (subject to hydrolysis) is 1. The van der Waals surface area contributed by atoms with Crippen LogP contribution in [0.2, 0.25) is 0 Å². The van der Waals surface area contributed by atoms with E-state index in [9.17, 15) is 9.59 Å². The second kappa shape index (κ2) is 8.70. The van der Waals surface area contributed by atoms with Gasteiger partial charge in [0, 0.05) is 5.57 Å². The van der Waals surface area contributed by atoms with Crippen LogP contribution in [-0.4, -0.2) is 31.3 Å². The second-order valence-corrected chi connectivity index (χ2v) is 6.80. The molecule has 1 amide bonds. The molecule has 0 aliphatic rings. The molecule has 1 atom stereocenters. The summed E-state index contributed by atoms with van der Waals surface area (Å²) in [6.45, 7) is 15.8. The number of carbonyl (C=O) groups excluding carboxylic acids is 2. The van der Waals surface area contributed by atoms with E-state index in [4.69, 9.17) is 9.47 Å². The maximum atomic E-state index is 11.7. The topological polar surface area (TPSA) is 64.6 Å². The van der Waals surface area contributed by atoms with Crippen molar-refractivity contribution in [3.8, 4) is 0 Å². The molecule has 0 saturated carbocycles. The summed E-state index contributed by atoms with van der Waals surface area (Å²) >= 11 is 0. The molecular formula is C16H29NO4. The standard InChI is InChI=1S/C16H29NO4/c1-11(2)13(10-16(5,6)7)21-15(19)17-8-9-20-14(18)12(3)4/h11,13H,3,8-10H2,1-2,4-7H3,(H,17,19). The van der Waals surface area contributed by atoms with Crippen molar-refractivity contribution in [1.82, 2.24) is 5.32 Å². The lowest BCUT2D eigenvalue weighted by molar-refractivity contribution is -0.138. The summed E-state index contributed by atoms with van der Waals surface area (Å²) in [6, 6.07) is 0. The van der Waals surface area contributed by atoms with Gasteiger partial charge in [0.2, 0.25) is 0 Å². The molecule has 0 aromatic carbocycles. The zero-order valence-corrected chi connectivity index (χ0v) is 14.1. The molecule has 0 aliphatic heterocycles. The molecule has 5 nitrogen and oxygen atoms in total. The van der Waals surface area contributed by atoms with Crippen LogP contribution >= 0.6 is 0 Å². The Morgan fingerprint density at radius 3 is 2.24 bits per heavy atom. The van der Waals surface area contributed by atoms with E-state index in [0.29, 0.717) is 5.57 Å². The number of hydrogen-bond donors (Lipinski definition) is 1. The number of esters is 1. The van der Waals surface area contributed by atoms with Gasteiger partial charge in [0.25, 0.3) is 0 Å². The molecule has 0 bridgehead atoms. The van der Waals surface area contributed by atoms with Crippen molar-refractivity contribution in [2.45, 2.75) is 54.1 Å². The molecule has 5 heteroatoms. The van der Waals surface area contributed by atoms with E-state index >= 15 is 0 Å². The number of nitrogens with one attached hydrogen (secondary N) is 1. The average Bonchev–Trinajstić information content (AvgIpc) is 2.31. The Morgan fingerprint density at radius 2 is 1.81 bits per heavy atom. The zero-order chi connectivity index (χ0) is 16.6. The summed E-state index contributed by atoms with van der Waals surface area (Å²) in [6.07, 6.45) is 0.176. The predicted octanol–water partition coefficient (Wildman–Crippen LogP) is 3.29. The van der Waals surface area contributed by atoms with Crippen LogP contribution in [0.1, 0.15) is 48.0 Å². The normalized spacial score (nSPS) is 12.7. The van der Waals surface area contributed by atoms with Crippen LogP contribution in [-0.2, 0) is 14.3 Å². The van der Waals surface area contributed by atoms with Crippen LogP contribution in [0.5, 0.6) is 0 Å². The van der Waals surface area contributed by atoms with Crippen molar-refractivity contribution in [2.24, 2.45) is 11.3 Å². The van der Waals surface area contributed by atoms with Crippen LogP contribution < -0.4 is 5.32 Å². The zero-order valence-electron chi connectivity index (χ0n) is 14.1. The summed E-state index contributed by atoms with van der Waals surface area (Å²) in [4.78, 5) is 22.9. The van der Waals surface area contributed by atoms with E-state index < -0.39 is 12.1 Å². The van der Waals surface area contributed by atoms with Gasteiger partial charge in [-0.2, -0.15) is 0 Å². The third kappa shape index (κ3) is 9.93. The molecule has 0 aromatic rings. The summed E-state index contributed by atoms with van der Waals surface area (Å²) in [5, 5.41) is 2.58. The molecule has 0 aliphatic carbocycles. The first kappa shape index (κ1) is 19.5. The van der Waals surface area contributed by atoms with Gasteiger partial charge >= 0.3 is 12.1 Å². The highest BCUT2D eigenvalue weighted by Crippen LogP contribution is 2.26. The monoisotopic (exact) mass is 299 g/mol. The Labute approximate surface area is 128 Å². The highest BCUT2D eigenvalue weighted by atomic mass is 16.6. The molecule has 0 spiro atoms. The van der Waals surface area contributed by atoms with E-state index in [2.05, 4.69) is 32.7 Å². The number of carbonyl (C=O) groups is 2. The largest absolute Gasteiger partial charge is 0.460 e. The van der Waals surface area contributed by atoms with Gasteiger partial charge < -0.3 is 14.8 Å². The lowest BCUT2D eigenvalue weighted by atomic mass is 9.85. The van der Waals surface area contributed by atoms with Crippen molar-refractivity contribution >= 4 is 12.1 Å². The quantitative estimate of drug-likeness (QED) is 0.445. The van der Waals surface area contributed by atoms with Gasteiger partial charge in [-0.1, -0.05) is 41.2 Å². The maximum absolute atomic E-state index is 11.7. The van der Waals surface area contributed by atoms with Gasteiger partial charge in [-0.3, -0.25) is 0 Å². The fourth-order valence-corrected chi connectivity index (χ4v) is 1.62. The summed E-state index contributed by atoms with van der Waals surface area (Å²) < 4.78 is 10.3. The Hall–Kier alpha value is -1.52. The van der Waals surface area contributed by atoms with E-state index in [1.54, 1.807) is 6.92 Å². The van der Waals surface area contributed by atoms with Crippen molar-refractivity contribution in [3.05, 3.63) is 12.2 Å². The molecule has 0 saturated heterocycles. The molecule has 0 heterocycles. The number of amides is 1. The van der Waals surface area contributed by atoms with Crippen LogP contribution in [0, 0.1) is 11.3 Å². The van der Waals surface area contributed by atoms with Gasteiger partial charge in [-0.05, 0) is 24.7 Å². The maximum Gasteiger partial charge on any atom is 0.407 e. The Kier molecular flexibility index (Phi) is 8.07. The van der Waals surface area contributed by atoms with E-state index in [1.165, 1.54) is 0 Å². The molecular weight excluding hydrogens is 270 g/mol. The highest BCUT2D eigenvalue weighted by Gasteiger charge is 2.24. The van der Waals surface area contributed by atoms with Crippen molar-refractivity contribution in [3.63, 3.8) is 0 Å². The first-order valence-electron chi connectivity index (χ1n) is 7.30. The Balaban J connectivity index is 4.10. The lowest BCUT2D eigenvalue weighted by Crippen LogP contribution is -2.35. The third-order valence-corrected chi connectivity index (χ3v) is 2.77. The summed E-state index contributed by atoms with van der Waals surface area (Å²) in [7, 11) is 0. The molecule has 122 valence electrons. The van der Waals surface area contributed by atoms with Crippen LogP contribution in [0.3, 0.4) is 0 Å². The molecule has 0 fully saturated rings. The van der Waals surface area contributed by atoms with Gasteiger partial charge in [-0.25, -0.2) is 9.59 Å². The minimum atomic E-state index is -0.482. The van der Waals surface area contributed by atoms with Crippen LogP contribution in [0.15, 0.2) is 12.2 Å². The smallest absolute Gasteiger partial charge is 0.407 e. The Morgan fingerprint density at radius 1 is 1.24 bits per heavy atom. The van der Waals surface area contributed by atoms with Gasteiger partial charge in [-0.15, -0.1) is 0 Å². The van der Waals surface area contributed by atoms with Gasteiger partial charge in [0.05, 0.1) is 6.54 Å². The number of hydrogen-bond acceptors (Lipinski definition) is 4. The Bertz CT molecular complexity index is 369. The predicted molar refractivity (Wildman–Crippen MR) is 83.0 cm³/mol. The van der Waals surface area contributed by atoms with Gasteiger partial charge in [0.1, 0.15) is 12.7 Å². The first-order valence-corrected chi connectivity index (χ1v) is 7.30. The minimum Gasteiger partial charge on any atom is -0.460 e. The van der Waals surface area contributed by atoms with Crippen LogP contribution in [0.4, 0.5) is 4.79 Å². The third-order valence-electron chi connectivity index (χ3n) is 2.77. The number of rotatable bonds is 7. The van der Waals surface area contributed by atoms with Crippen molar-refractivity contribution in [2.75, 3.05) is 13.2 Å². The molecule has 21 heavy (non-hydrogen) atoms. The number of ether oxygens (including phenoxy) is 2. The minimum absolute atomic E-state index is 0.0895. The summed E-state index contributed by atoms with van der Waals surface area (Å²) in [5.41, 5.74) is 0.425. The highest BCUT2D eigenvalue weighted by molar-refractivity contribution is 5.86. The summed E-state index contributed by atoms with van der Waals surface area (Å²) in [5.74, 6) is -0.214. The SMILES string of the molecule is C=C(C)C(=O)OCCNC(=O)OC(CC(C)(C)C)C(C)C. The van der Waals surface area contributed by atoms with Crippen LogP contribution in [0.25, 0.3) is 0 Å². The fraction of sp³-hybridized carbons (Fsp3) is 0.750. The fourth-order valence-electron chi connectivity index (χ4n) is 1.62. The van der Waals surface area contributed by atoms with E-state index in [0.717, 1.165) is 6.42 Å². The van der Waals surface area contributed by atoms with Crippen molar-refractivity contribution < 1.29 is 19.1 Å². The average molecular weight is 299 g/mol. The van der Waals surface area contributed by atoms with E-state index in [1.807, 2.05) is 13.8 Å². The van der Waals surface area contributed by atoms with Gasteiger partial charge in [0.15, 0.2) is 0 Å². The molecule has 0 rings (SSSR count). The lowest BCUT2D eigenvalue weighted by Gasteiger charge is -2.28. The first-order chi connectivity index (χ1) is 9.53. The molecule has 0 aromatic heterocycles.